The number of aryl methyl sites for hydroxylation is 1. The third-order valence-electron chi connectivity index (χ3n) is 3.72. The Hall–Kier alpha value is -2.63. The van der Waals surface area contributed by atoms with Gasteiger partial charge in [-0.15, -0.1) is 0 Å². The van der Waals surface area contributed by atoms with Gasteiger partial charge >= 0.3 is 0 Å². The summed E-state index contributed by atoms with van der Waals surface area (Å²) < 4.78 is 7.32. The number of carbonyl (C=O) groups excluding carboxylic acids is 2. The van der Waals surface area contributed by atoms with Gasteiger partial charge in [0.05, 0.1) is 5.39 Å². The lowest BCUT2D eigenvalue weighted by atomic mass is 10.1. The second-order valence-electron chi connectivity index (χ2n) is 5.87. The van der Waals surface area contributed by atoms with Crippen molar-refractivity contribution >= 4 is 22.5 Å². The Morgan fingerprint density at radius 3 is 2.50 bits per heavy atom. The van der Waals surface area contributed by atoms with Crippen LogP contribution >= 0.6 is 0 Å². The van der Waals surface area contributed by atoms with Gasteiger partial charge in [0, 0.05) is 32.2 Å². The summed E-state index contributed by atoms with van der Waals surface area (Å²) in [6, 6.07) is 6.84. The number of hydrogen-bond donors (Lipinski definition) is 0. The van der Waals surface area contributed by atoms with Crippen molar-refractivity contribution < 1.29 is 14.3 Å². The molecule has 0 aliphatic heterocycles. The lowest BCUT2D eigenvalue weighted by Gasteiger charge is -2.20. The average Bonchev–Trinajstić information content (AvgIpc) is 2.54. The number of rotatable bonds is 6. The minimum absolute atomic E-state index is 0.113. The zero-order chi connectivity index (χ0) is 17.9. The zero-order valence-corrected chi connectivity index (χ0v) is 14.4. The molecule has 1 aromatic carbocycles. The van der Waals surface area contributed by atoms with Gasteiger partial charge in [-0.1, -0.05) is 13.0 Å². The highest BCUT2D eigenvalue weighted by molar-refractivity contribution is 6.03. The zero-order valence-electron chi connectivity index (χ0n) is 14.4. The summed E-state index contributed by atoms with van der Waals surface area (Å²) in [5.74, 6) is -0.465. The van der Waals surface area contributed by atoms with Crippen molar-refractivity contribution in [3.8, 4) is 5.75 Å². The molecular weight excluding hydrogens is 308 g/mol. The van der Waals surface area contributed by atoms with Crippen LogP contribution in [0.2, 0.25) is 0 Å². The topological polar surface area (TPSA) is 68.6 Å². The predicted molar refractivity (Wildman–Crippen MR) is 92.3 cm³/mol. The molecule has 0 spiro atoms. The Morgan fingerprint density at radius 1 is 1.21 bits per heavy atom. The van der Waals surface area contributed by atoms with Crippen LogP contribution in [0, 0.1) is 0 Å². The number of hydrogen-bond acceptors (Lipinski definition) is 4. The van der Waals surface area contributed by atoms with Gasteiger partial charge in [0.15, 0.2) is 5.78 Å². The van der Waals surface area contributed by atoms with E-state index in [-0.39, 0.29) is 11.3 Å². The summed E-state index contributed by atoms with van der Waals surface area (Å²) in [5.41, 5.74) is -0.113. The Kier molecular flexibility index (Phi) is 5.39. The molecule has 2 rings (SSSR count). The first kappa shape index (κ1) is 17.7. The molecule has 0 bridgehead atoms. The summed E-state index contributed by atoms with van der Waals surface area (Å²) in [6.07, 6.45) is 1.34. The smallest absolute Gasteiger partial charge is 0.270 e. The van der Waals surface area contributed by atoms with Crippen LogP contribution in [0.4, 0.5) is 0 Å². The van der Waals surface area contributed by atoms with Crippen LogP contribution in [0.25, 0.3) is 10.8 Å². The number of ketones is 1. The molecule has 0 radical (unpaired) electrons. The minimum atomic E-state index is -1.22. The van der Waals surface area contributed by atoms with Crippen molar-refractivity contribution in [2.24, 2.45) is 0 Å². The van der Waals surface area contributed by atoms with Crippen molar-refractivity contribution in [3.63, 3.8) is 0 Å². The molecule has 1 unspecified atom stereocenters. The maximum atomic E-state index is 12.5. The van der Waals surface area contributed by atoms with Gasteiger partial charge in [-0.2, -0.15) is 0 Å². The molecule has 6 heteroatoms. The molecule has 0 aliphatic rings. The quantitative estimate of drug-likeness (QED) is 0.758. The van der Waals surface area contributed by atoms with Crippen molar-refractivity contribution in [2.45, 2.75) is 32.9 Å². The molecule has 1 amide bonds. The Bertz CT molecular complexity index is 823. The summed E-state index contributed by atoms with van der Waals surface area (Å²) >= 11 is 0. The number of Topliss-reactive ketones (excluding diaryl/α,β-unsaturated/α-hetero) is 1. The summed E-state index contributed by atoms with van der Waals surface area (Å²) in [7, 11) is 3.13. The van der Waals surface area contributed by atoms with E-state index >= 15 is 0 Å². The number of carbonyl (C=O) groups is 2. The molecule has 128 valence electrons. The summed E-state index contributed by atoms with van der Waals surface area (Å²) in [5, 5.41) is 1.09. The Labute approximate surface area is 140 Å². The van der Waals surface area contributed by atoms with Gasteiger partial charge in [0.2, 0.25) is 6.10 Å². The van der Waals surface area contributed by atoms with Crippen LogP contribution in [-0.4, -0.2) is 41.4 Å². The first-order valence-electron chi connectivity index (χ1n) is 7.87. The van der Waals surface area contributed by atoms with E-state index in [2.05, 4.69) is 0 Å². The molecule has 2 aromatic rings. The Morgan fingerprint density at radius 2 is 1.92 bits per heavy atom. The maximum Gasteiger partial charge on any atom is 0.270 e. The van der Waals surface area contributed by atoms with Gasteiger partial charge in [-0.05, 0) is 31.5 Å². The van der Waals surface area contributed by atoms with Crippen molar-refractivity contribution in [3.05, 3.63) is 40.8 Å². The van der Waals surface area contributed by atoms with E-state index in [4.69, 9.17) is 4.74 Å². The van der Waals surface area contributed by atoms with E-state index in [0.717, 1.165) is 6.42 Å². The maximum absolute atomic E-state index is 12.5. The van der Waals surface area contributed by atoms with E-state index in [1.54, 1.807) is 49.1 Å². The van der Waals surface area contributed by atoms with Gasteiger partial charge in [-0.25, -0.2) is 0 Å². The number of benzene rings is 1. The molecule has 0 saturated carbocycles. The third kappa shape index (κ3) is 3.48. The van der Waals surface area contributed by atoms with E-state index in [0.29, 0.717) is 23.1 Å². The fourth-order valence-electron chi connectivity index (χ4n) is 2.48. The fraction of sp³-hybridized carbons (Fsp3) is 0.389. The second kappa shape index (κ2) is 7.29. The largest absolute Gasteiger partial charge is 0.472 e. The molecular formula is C18H22N2O4. The number of ether oxygens (including phenoxy) is 1. The van der Waals surface area contributed by atoms with Crippen LogP contribution in [0.15, 0.2) is 35.3 Å². The number of pyridine rings is 1. The van der Waals surface area contributed by atoms with E-state index in [1.807, 2.05) is 6.92 Å². The normalized spacial score (nSPS) is 12.0. The average molecular weight is 330 g/mol. The van der Waals surface area contributed by atoms with Crippen LogP contribution in [0.1, 0.15) is 20.3 Å². The predicted octanol–water partition coefficient (Wildman–Crippen LogP) is 1.84. The van der Waals surface area contributed by atoms with Crippen LogP contribution in [0.5, 0.6) is 5.75 Å². The molecule has 0 N–H and O–H groups in total. The van der Waals surface area contributed by atoms with Gasteiger partial charge in [-0.3, -0.25) is 14.4 Å². The van der Waals surface area contributed by atoms with Crippen molar-refractivity contribution in [2.75, 3.05) is 14.1 Å². The van der Waals surface area contributed by atoms with Gasteiger partial charge < -0.3 is 14.2 Å². The third-order valence-corrected chi connectivity index (χ3v) is 3.72. The standard InChI is InChI=1S/C18H22N2O4/c1-5-10-20-11-9-13-14(17(20)22)7-6-8-15(13)24-16(12(2)21)18(23)19(3)4/h6-9,11,16H,5,10H2,1-4H3. The molecule has 1 aromatic heterocycles. The van der Waals surface area contributed by atoms with Crippen molar-refractivity contribution in [1.29, 1.82) is 0 Å². The summed E-state index contributed by atoms with van der Waals surface area (Å²) in [4.78, 5) is 37.8. The number of nitrogens with zero attached hydrogens (tertiary/aromatic N) is 2. The minimum Gasteiger partial charge on any atom is -0.472 e. The molecule has 1 atom stereocenters. The molecule has 6 nitrogen and oxygen atoms in total. The number of amides is 1. The monoisotopic (exact) mass is 330 g/mol. The van der Waals surface area contributed by atoms with Gasteiger partial charge in [0.25, 0.3) is 11.5 Å². The Balaban J connectivity index is 2.49. The molecule has 0 aliphatic carbocycles. The molecule has 0 saturated heterocycles. The first-order chi connectivity index (χ1) is 11.4. The van der Waals surface area contributed by atoms with E-state index in [1.165, 1.54) is 11.8 Å². The van der Waals surface area contributed by atoms with Crippen molar-refractivity contribution in [1.82, 2.24) is 9.47 Å². The highest BCUT2D eigenvalue weighted by Gasteiger charge is 2.27. The fourth-order valence-corrected chi connectivity index (χ4v) is 2.48. The number of likely N-dealkylation sites (N-methyl/N-ethyl adjacent to an activating group) is 1. The second-order valence-corrected chi connectivity index (χ2v) is 5.87. The first-order valence-corrected chi connectivity index (χ1v) is 7.87. The highest BCUT2D eigenvalue weighted by Crippen LogP contribution is 2.24. The highest BCUT2D eigenvalue weighted by atomic mass is 16.5. The molecule has 24 heavy (non-hydrogen) atoms. The molecule has 0 fully saturated rings. The number of aromatic nitrogens is 1. The van der Waals surface area contributed by atoms with Crippen LogP contribution in [0.3, 0.4) is 0 Å². The van der Waals surface area contributed by atoms with E-state index < -0.39 is 12.0 Å². The van der Waals surface area contributed by atoms with Crippen LogP contribution in [-0.2, 0) is 16.1 Å². The van der Waals surface area contributed by atoms with E-state index in [9.17, 15) is 14.4 Å². The SMILES string of the molecule is CCCn1ccc2c(OC(C(C)=O)C(=O)N(C)C)cccc2c1=O. The van der Waals surface area contributed by atoms with Gasteiger partial charge in [0.1, 0.15) is 5.75 Å². The van der Waals surface area contributed by atoms with Crippen LogP contribution < -0.4 is 10.3 Å². The summed E-state index contributed by atoms with van der Waals surface area (Å²) in [6.45, 7) is 3.95. The lowest BCUT2D eigenvalue weighted by Crippen LogP contribution is -2.42. The molecule has 1 heterocycles. The lowest BCUT2D eigenvalue weighted by molar-refractivity contribution is -0.142. The number of fused-ring (bicyclic) bond motifs is 1.